The zero-order chi connectivity index (χ0) is 20.3. The highest BCUT2D eigenvalue weighted by atomic mass is 32.2. The molecule has 0 aromatic carbocycles. The van der Waals surface area contributed by atoms with Crippen LogP contribution in [0.15, 0.2) is 35.7 Å². The number of aromatic nitrogens is 6. The third-order valence-electron chi connectivity index (χ3n) is 4.32. The lowest BCUT2D eigenvalue weighted by atomic mass is 10.3. The lowest BCUT2D eigenvalue weighted by Crippen LogP contribution is -2.07. The number of aryl methyl sites for hydroxylation is 1. The van der Waals surface area contributed by atoms with Crippen molar-refractivity contribution in [2.24, 2.45) is 7.05 Å². The summed E-state index contributed by atoms with van der Waals surface area (Å²) in [4.78, 5) is 11.9. The number of imidazole rings is 1. The van der Waals surface area contributed by atoms with E-state index in [1.165, 1.54) is 28.4 Å². The van der Waals surface area contributed by atoms with E-state index in [0.29, 0.717) is 5.52 Å². The number of hydrogen-bond donors (Lipinski definition) is 0. The van der Waals surface area contributed by atoms with Crippen LogP contribution in [-0.2, 0) is 23.1 Å². The van der Waals surface area contributed by atoms with Crippen LogP contribution in [0.1, 0.15) is 12.6 Å². The molecule has 0 saturated heterocycles. The molecule has 4 rings (SSSR count). The van der Waals surface area contributed by atoms with Gasteiger partial charge in [0.25, 0.3) is 0 Å². The predicted octanol–water partition coefficient (Wildman–Crippen LogP) is 2.49. The van der Waals surface area contributed by atoms with Crippen LogP contribution < -0.4 is 0 Å². The molecule has 146 valence electrons. The van der Waals surface area contributed by atoms with Crippen LogP contribution >= 0.6 is 0 Å². The Balaban J connectivity index is 2.07. The minimum absolute atomic E-state index is 0.0370. The second-order valence-corrected chi connectivity index (χ2v) is 8.22. The van der Waals surface area contributed by atoms with Gasteiger partial charge in [0.2, 0.25) is 0 Å². The van der Waals surface area contributed by atoms with Crippen LogP contribution in [-0.4, -0.2) is 43.3 Å². The molecule has 0 aliphatic carbocycles. The van der Waals surface area contributed by atoms with Crippen molar-refractivity contribution in [2.45, 2.75) is 18.1 Å². The molecule has 0 N–H and O–H groups in total. The van der Waals surface area contributed by atoms with Gasteiger partial charge in [-0.1, -0.05) is 6.92 Å². The molecule has 0 radical (unpaired) electrons. The van der Waals surface area contributed by atoms with E-state index >= 15 is 0 Å². The molecule has 4 heterocycles. The third kappa shape index (κ3) is 2.71. The highest BCUT2D eigenvalue weighted by Crippen LogP contribution is 2.34. The maximum absolute atomic E-state index is 13.0. The van der Waals surface area contributed by atoms with E-state index in [9.17, 15) is 21.6 Å². The van der Waals surface area contributed by atoms with Gasteiger partial charge in [0.15, 0.2) is 20.5 Å². The predicted molar refractivity (Wildman–Crippen MR) is 93.2 cm³/mol. The van der Waals surface area contributed by atoms with Crippen molar-refractivity contribution in [3.05, 3.63) is 36.4 Å². The van der Waals surface area contributed by atoms with Gasteiger partial charge in [-0.05, 0) is 12.1 Å². The van der Waals surface area contributed by atoms with Crippen molar-refractivity contribution in [2.75, 3.05) is 5.75 Å². The van der Waals surface area contributed by atoms with Crippen LogP contribution in [0.5, 0.6) is 0 Å². The Morgan fingerprint density at radius 2 is 1.96 bits per heavy atom. The average molecular weight is 410 g/mol. The smallest absolute Gasteiger partial charge is 0.326 e. The summed E-state index contributed by atoms with van der Waals surface area (Å²) in [7, 11) is -2.18. The zero-order valence-corrected chi connectivity index (χ0v) is 15.5. The van der Waals surface area contributed by atoms with Crippen molar-refractivity contribution < 1.29 is 21.6 Å². The number of sulfone groups is 1. The first-order chi connectivity index (χ1) is 13.1. The molecule has 0 spiro atoms. The van der Waals surface area contributed by atoms with Gasteiger partial charge >= 0.3 is 6.18 Å². The van der Waals surface area contributed by atoms with Gasteiger partial charge in [0, 0.05) is 19.4 Å². The standard InChI is InChI=1S/C16H13F3N6O2S/c1-3-28(26,27)15-12(13-20-5-4-6-25(13)23-15)14-22-9-7-11(16(17,18)19)21-8-10(9)24(14)2/h4-8H,3H2,1-2H3. The summed E-state index contributed by atoms with van der Waals surface area (Å²) in [6, 6.07) is 2.41. The van der Waals surface area contributed by atoms with E-state index in [2.05, 4.69) is 20.1 Å². The van der Waals surface area contributed by atoms with Crippen LogP contribution in [0.3, 0.4) is 0 Å². The number of pyridine rings is 1. The van der Waals surface area contributed by atoms with E-state index in [0.717, 1.165) is 12.3 Å². The van der Waals surface area contributed by atoms with Gasteiger partial charge in [-0.15, -0.1) is 0 Å². The number of halogens is 3. The van der Waals surface area contributed by atoms with Crippen molar-refractivity contribution in [3.63, 3.8) is 0 Å². The first kappa shape index (κ1) is 18.3. The van der Waals surface area contributed by atoms with E-state index in [-0.39, 0.29) is 33.3 Å². The fraction of sp³-hybridized carbons (Fsp3) is 0.250. The highest BCUT2D eigenvalue weighted by Gasteiger charge is 2.34. The topological polar surface area (TPSA) is 95.0 Å². The minimum atomic E-state index is -4.62. The first-order valence-electron chi connectivity index (χ1n) is 8.09. The van der Waals surface area contributed by atoms with Gasteiger partial charge in [-0.2, -0.15) is 18.3 Å². The van der Waals surface area contributed by atoms with Crippen LogP contribution in [0.4, 0.5) is 13.2 Å². The Kier molecular flexibility index (Phi) is 3.93. The number of hydrogen-bond acceptors (Lipinski definition) is 6. The Hall–Kier alpha value is -3.02. The number of alkyl halides is 3. The molecule has 0 saturated carbocycles. The van der Waals surface area contributed by atoms with Gasteiger partial charge in [-0.3, -0.25) is 0 Å². The van der Waals surface area contributed by atoms with E-state index in [1.807, 2.05) is 0 Å². The molecule has 0 fully saturated rings. The lowest BCUT2D eigenvalue weighted by Gasteiger charge is -2.05. The summed E-state index contributed by atoms with van der Waals surface area (Å²) in [5.74, 6) is -0.0648. The van der Waals surface area contributed by atoms with Gasteiger partial charge < -0.3 is 4.57 Å². The molecule has 0 bridgehead atoms. The second kappa shape index (κ2) is 5.99. The van der Waals surface area contributed by atoms with E-state index in [4.69, 9.17) is 0 Å². The van der Waals surface area contributed by atoms with Gasteiger partial charge in [-0.25, -0.2) is 27.9 Å². The average Bonchev–Trinajstić information content (AvgIpc) is 3.19. The molecule has 4 aromatic rings. The van der Waals surface area contributed by atoms with Gasteiger partial charge in [0.05, 0.1) is 23.0 Å². The number of rotatable bonds is 3. The quantitative estimate of drug-likeness (QED) is 0.515. The molecular formula is C16H13F3N6O2S. The minimum Gasteiger partial charge on any atom is -0.326 e. The normalized spacial score (nSPS) is 12.9. The molecule has 8 nitrogen and oxygen atoms in total. The zero-order valence-electron chi connectivity index (χ0n) is 14.6. The summed E-state index contributed by atoms with van der Waals surface area (Å²) in [6.45, 7) is 1.48. The second-order valence-electron chi connectivity index (χ2n) is 6.02. The Labute approximate surface area is 156 Å². The summed E-state index contributed by atoms with van der Waals surface area (Å²) < 4.78 is 66.8. The fourth-order valence-corrected chi connectivity index (χ4v) is 3.86. The van der Waals surface area contributed by atoms with Crippen molar-refractivity contribution in [1.29, 1.82) is 0 Å². The third-order valence-corrected chi connectivity index (χ3v) is 5.95. The molecule has 4 aromatic heterocycles. The largest absolute Gasteiger partial charge is 0.433 e. The highest BCUT2D eigenvalue weighted by molar-refractivity contribution is 7.91. The molecule has 0 amide bonds. The molecule has 0 unspecified atom stereocenters. The SMILES string of the molecule is CCS(=O)(=O)c1nn2cccnc2c1-c1nc2cc(C(F)(F)F)ncc2n1C. The Morgan fingerprint density at radius 1 is 1.21 bits per heavy atom. The molecule has 0 atom stereocenters. The number of fused-ring (bicyclic) bond motifs is 2. The maximum Gasteiger partial charge on any atom is 0.433 e. The monoisotopic (exact) mass is 410 g/mol. The molecule has 0 aliphatic heterocycles. The molecule has 0 aliphatic rings. The van der Waals surface area contributed by atoms with Crippen molar-refractivity contribution in [1.82, 2.24) is 29.1 Å². The van der Waals surface area contributed by atoms with E-state index < -0.39 is 21.7 Å². The lowest BCUT2D eigenvalue weighted by molar-refractivity contribution is -0.141. The van der Waals surface area contributed by atoms with Crippen LogP contribution in [0.25, 0.3) is 28.1 Å². The molecular weight excluding hydrogens is 397 g/mol. The molecule has 12 heteroatoms. The Bertz CT molecular complexity index is 1320. The molecule has 28 heavy (non-hydrogen) atoms. The Morgan fingerprint density at radius 3 is 2.64 bits per heavy atom. The first-order valence-corrected chi connectivity index (χ1v) is 9.75. The maximum atomic E-state index is 13.0. The van der Waals surface area contributed by atoms with Crippen molar-refractivity contribution >= 4 is 26.5 Å². The summed E-state index contributed by atoms with van der Waals surface area (Å²) in [5, 5.41) is 3.89. The number of nitrogens with zero attached hydrogens (tertiary/aromatic N) is 6. The van der Waals surface area contributed by atoms with E-state index in [1.54, 1.807) is 13.1 Å². The fourth-order valence-electron chi connectivity index (χ4n) is 2.88. The van der Waals surface area contributed by atoms with Crippen LogP contribution in [0.2, 0.25) is 0 Å². The summed E-state index contributed by atoms with van der Waals surface area (Å²) in [6.07, 6.45) is -0.558. The summed E-state index contributed by atoms with van der Waals surface area (Å²) >= 11 is 0. The summed E-state index contributed by atoms with van der Waals surface area (Å²) in [5.41, 5.74) is -0.358. The van der Waals surface area contributed by atoms with Crippen molar-refractivity contribution in [3.8, 4) is 11.4 Å². The van der Waals surface area contributed by atoms with Gasteiger partial charge in [0.1, 0.15) is 17.1 Å². The van der Waals surface area contributed by atoms with Crippen LogP contribution in [0, 0.1) is 0 Å².